The second-order valence-corrected chi connectivity index (χ2v) is 17.9. The number of hydrogen-bond donors (Lipinski definition) is 3. The predicted octanol–water partition coefficient (Wildman–Crippen LogP) is 4.58. The van der Waals surface area contributed by atoms with Crippen molar-refractivity contribution in [1.82, 2.24) is 20.1 Å². The van der Waals surface area contributed by atoms with Crippen LogP contribution in [0.15, 0.2) is 48.5 Å². The highest BCUT2D eigenvalue weighted by Crippen LogP contribution is 2.46. The van der Waals surface area contributed by atoms with Gasteiger partial charge in [0.05, 0.1) is 87.8 Å². The number of aromatic amines is 1. The quantitative estimate of drug-likeness (QED) is 0.0689. The lowest BCUT2D eigenvalue weighted by Crippen LogP contribution is -2.54. The largest absolute Gasteiger partial charge is 0.382 e. The third-order valence-electron chi connectivity index (χ3n) is 13.3. The van der Waals surface area contributed by atoms with E-state index < -0.39 is 35.1 Å². The van der Waals surface area contributed by atoms with Gasteiger partial charge in [-0.05, 0) is 66.8 Å². The Morgan fingerprint density at radius 2 is 1.46 bits per heavy atom. The molecule has 2 saturated heterocycles. The Morgan fingerprint density at radius 1 is 0.779 bits per heavy atom. The van der Waals surface area contributed by atoms with Crippen LogP contribution in [0.5, 0.6) is 0 Å². The highest BCUT2D eigenvalue weighted by Gasteiger charge is 2.46. The fraction of sp³-hybridized carbons (Fsp3) is 0.490. The number of carbonyl (C=O) groups is 5. The Labute approximate surface area is 396 Å². The number of aromatic nitrogens is 1. The summed E-state index contributed by atoms with van der Waals surface area (Å²) in [6.07, 6.45) is 1.94. The molecule has 4 aromatic rings. The summed E-state index contributed by atoms with van der Waals surface area (Å²) in [5, 5.41) is 15.7. The molecule has 3 aliphatic heterocycles. The van der Waals surface area contributed by atoms with E-state index in [1.54, 1.807) is 24.3 Å². The van der Waals surface area contributed by atoms with Crippen LogP contribution in [0.25, 0.3) is 10.9 Å². The van der Waals surface area contributed by atoms with Crippen LogP contribution in [0, 0.1) is 11.3 Å². The smallest absolute Gasteiger partial charge is 0.264 e. The zero-order chi connectivity index (χ0) is 47.8. The summed E-state index contributed by atoms with van der Waals surface area (Å²) in [5.74, 6) is -2.12. The van der Waals surface area contributed by atoms with Crippen LogP contribution in [0.3, 0.4) is 0 Å². The average molecular weight is 932 g/mol. The van der Waals surface area contributed by atoms with Gasteiger partial charge in [-0.2, -0.15) is 5.26 Å². The van der Waals surface area contributed by atoms with Crippen molar-refractivity contribution in [2.24, 2.45) is 0 Å². The van der Waals surface area contributed by atoms with Crippen LogP contribution in [0.2, 0.25) is 0 Å². The number of amides is 4. The van der Waals surface area contributed by atoms with Gasteiger partial charge in [-0.3, -0.25) is 39.1 Å². The fourth-order valence-electron chi connectivity index (χ4n) is 9.66. The zero-order valence-corrected chi connectivity index (χ0v) is 39.2. The monoisotopic (exact) mass is 931 g/mol. The highest BCUT2D eigenvalue weighted by atomic mass is 16.6. The van der Waals surface area contributed by atoms with E-state index >= 15 is 0 Å². The molecule has 1 atom stereocenters. The van der Waals surface area contributed by atoms with Crippen LogP contribution < -0.4 is 15.5 Å². The number of nitrogens with one attached hydrogen (secondary N) is 3. The average Bonchev–Trinajstić information content (AvgIpc) is 3.86. The number of hydrogen-bond acceptors (Lipinski definition) is 14. The first-order valence-corrected chi connectivity index (χ1v) is 23.7. The lowest BCUT2D eigenvalue weighted by Gasteiger charge is -2.39. The first kappa shape index (κ1) is 48.5. The van der Waals surface area contributed by atoms with Gasteiger partial charge in [0.25, 0.3) is 11.8 Å². The lowest BCUT2D eigenvalue weighted by molar-refractivity contribution is -0.136. The number of piperazine rings is 1. The molecule has 4 heterocycles. The first-order chi connectivity index (χ1) is 33.0. The van der Waals surface area contributed by atoms with Gasteiger partial charge in [0.15, 0.2) is 5.78 Å². The Bertz CT molecular complexity index is 2580. The number of aryl methyl sites for hydroxylation is 1. The number of piperidine rings is 1. The molecule has 17 nitrogen and oxygen atoms in total. The second-order valence-electron chi connectivity index (χ2n) is 17.9. The van der Waals surface area contributed by atoms with Crippen molar-refractivity contribution in [3.8, 4) is 6.07 Å². The van der Waals surface area contributed by atoms with E-state index in [2.05, 4.69) is 64.4 Å². The Balaban J connectivity index is 0.634. The summed E-state index contributed by atoms with van der Waals surface area (Å²) in [7, 11) is 0. The number of carbonyl (C=O) groups excluding carboxylic acids is 5. The van der Waals surface area contributed by atoms with Crippen LogP contribution in [-0.2, 0) is 45.1 Å². The molecule has 68 heavy (non-hydrogen) atoms. The zero-order valence-electron chi connectivity index (χ0n) is 39.2. The van der Waals surface area contributed by atoms with Crippen LogP contribution in [0.4, 0.5) is 11.4 Å². The van der Waals surface area contributed by atoms with Gasteiger partial charge in [0.1, 0.15) is 6.04 Å². The number of benzene rings is 3. The number of nitrogens with zero attached hydrogens (tertiary/aromatic N) is 4. The summed E-state index contributed by atoms with van der Waals surface area (Å²) >= 11 is 0. The SMILES string of the molecule is CCc1cc2c(cc1N1CCN(CCCOCCOCCOCCOCCOCCNc3cccc4c3C(=O)N(C3CCC(=O)NC3=O)C4=O)CC1)C(C)(C)c1[nH]c3cc(C#N)ccc3c1C2=O. The summed E-state index contributed by atoms with van der Waals surface area (Å²) < 4.78 is 28.3. The van der Waals surface area contributed by atoms with Gasteiger partial charge in [-0.1, -0.05) is 32.9 Å². The number of anilines is 2. The van der Waals surface area contributed by atoms with Gasteiger partial charge < -0.3 is 38.9 Å². The predicted molar refractivity (Wildman–Crippen MR) is 253 cm³/mol. The molecule has 360 valence electrons. The van der Waals surface area contributed by atoms with E-state index in [1.165, 1.54) is 11.3 Å². The number of H-pyrrole nitrogens is 1. The molecule has 3 aromatic carbocycles. The van der Waals surface area contributed by atoms with E-state index in [9.17, 15) is 29.2 Å². The van der Waals surface area contributed by atoms with Crippen LogP contribution in [-0.4, -0.2) is 156 Å². The minimum atomic E-state index is -1.01. The molecule has 4 amide bonds. The number of ether oxygens (including phenoxy) is 5. The highest BCUT2D eigenvalue weighted by molar-refractivity contribution is 6.25. The van der Waals surface area contributed by atoms with Crippen molar-refractivity contribution in [2.45, 2.75) is 57.9 Å². The molecule has 0 spiro atoms. The molecule has 3 N–H and O–H groups in total. The Morgan fingerprint density at radius 3 is 2.12 bits per heavy atom. The summed E-state index contributed by atoms with van der Waals surface area (Å²) in [4.78, 5) is 73.7. The first-order valence-electron chi connectivity index (χ1n) is 23.7. The number of rotatable bonds is 23. The number of imide groups is 2. The molecule has 1 unspecified atom stereocenters. The van der Waals surface area contributed by atoms with Gasteiger partial charge in [-0.25, -0.2) is 0 Å². The molecule has 0 radical (unpaired) electrons. The van der Waals surface area contributed by atoms with E-state index in [4.69, 9.17) is 23.7 Å². The van der Waals surface area contributed by atoms with E-state index in [0.717, 1.165) is 83.8 Å². The summed E-state index contributed by atoms with van der Waals surface area (Å²) in [5.41, 5.74) is 7.73. The van der Waals surface area contributed by atoms with Gasteiger partial charge in [0, 0.05) is 91.2 Å². The molecule has 8 rings (SSSR count). The minimum Gasteiger partial charge on any atom is -0.382 e. The third kappa shape index (κ3) is 10.4. The van der Waals surface area contributed by atoms with Gasteiger partial charge in [0.2, 0.25) is 11.8 Å². The van der Waals surface area contributed by atoms with Crippen molar-refractivity contribution in [1.29, 1.82) is 5.26 Å². The molecule has 0 saturated carbocycles. The van der Waals surface area contributed by atoms with Crippen molar-refractivity contribution in [3.63, 3.8) is 0 Å². The second kappa shape index (κ2) is 22.0. The Kier molecular flexibility index (Phi) is 15.6. The van der Waals surface area contributed by atoms with Gasteiger partial charge >= 0.3 is 0 Å². The number of fused-ring (bicyclic) bond motifs is 5. The summed E-state index contributed by atoms with van der Waals surface area (Å²) in [6, 6.07) is 16.0. The van der Waals surface area contributed by atoms with E-state index in [1.807, 2.05) is 12.1 Å². The molecule has 4 aliphatic rings. The fourth-order valence-corrected chi connectivity index (χ4v) is 9.66. The van der Waals surface area contributed by atoms with Gasteiger partial charge in [-0.15, -0.1) is 0 Å². The molecule has 17 heteroatoms. The molecule has 0 bridgehead atoms. The summed E-state index contributed by atoms with van der Waals surface area (Å²) in [6.45, 7) is 16.2. The molecule has 1 aromatic heterocycles. The van der Waals surface area contributed by atoms with E-state index in [0.29, 0.717) is 83.9 Å². The molecular weight excluding hydrogens is 871 g/mol. The Hall–Kier alpha value is -6.00. The standard InChI is InChI=1S/C51H61N7O10/c1-4-34-30-37-38(51(2,3)47-45(46(37)60)35-10-9-33(32-52)29-40(35)54-47)31-42(34)57-17-15-56(16-18-57)14-6-19-64-21-23-66-25-27-68-28-26-67-24-22-65-20-13-53-39-8-5-7-36-44(39)50(63)58(49(36)62)41-11-12-43(59)55-48(41)61/h5,7-10,29-31,41,53-54H,4,6,11-28H2,1-3H3,(H,55,59,61). The topological polar surface area (TPSA) is 205 Å². The maximum absolute atomic E-state index is 14.1. The normalized spacial score (nSPS) is 17.9. The van der Waals surface area contributed by atoms with Crippen molar-refractivity contribution < 1.29 is 47.7 Å². The molecule has 2 fully saturated rings. The molecular formula is C51H61N7O10. The van der Waals surface area contributed by atoms with Crippen molar-refractivity contribution in [3.05, 3.63) is 93.2 Å². The van der Waals surface area contributed by atoms with Crippen molar-refractivity contribution in [2.75, 3.05) is 116 Å². The maximum atomic E-state index is 14.1. The van der Waals surface area contributed by atoms with Crippen molar-refractivity contribution >= 4 is 51.7 Å². The molecule has 1 aliphatic carbocycles. The third-order valence-corrected chi connectivity index (χ3v) is 13.3. The number of nitriles is 1. The van der Waals surface area contributed by atoms with Crippen LogP contribution in [0.1, 0.15) is 99.1 Å². The minimum absolute atomic E-state index is 0.0447. The maximum Gasteiger partial charge on any atom is 0.264 e. The number of ketones is 1. The van der Waals surface area contributed by atoms with Crippen LogP contribution >= 0.6 is 0 Å². The van der Waals surface area contributed by atoms with E-state index in [-0.39, 0.29) is 29.8 Å². The lowest BCUT2D eigenvalue weighted by atomic mass is 9.70.